The molecular weight excluding hydrogens is 448 g/mol. The zero-order valence-electron chi connectivity index (χ0n) is 23.0. The highest BCUT2D eigenvalue weighted by Crippen LogP contribution is 2.42. The molecule has 0 aromatic heterocycles. The number of hydrogen-bond donors (Lipinski definition) is 3. The molecule has 0 aromatic carbocycles. The van der Waals surface area contributed by atoms with Crippen LogP contribution in [-0.4, -0.2) is 98.8 Å². The first-order valence-electron chi connectivity index (χ1n) is 15.5. The maximum Gasteiger partial charge on any atom is 0.225 e. The van der Waals surface area contributed by atoms with Gasteiger partial charge in [0.25, 0.3) is 0 Å². The highest BCUT2D eigenvalue weighted by atomic mass is 16.2. The summed E-state index contributed by atoms with van der Waals surface area (Å²) in [5.41, 5.74) is 5.64. The number of carbonyl (C=O) groups is 1. The average Bonchev–Trinajstić information content (AvgIpc) is 3.31. The molecule has 1 amide bonds. The second kappa shape index (κ2) is 12.9. The summed E-state index contributed by atoms with van der Waals surface area (Å²) in [6.07, 6.45) is 14.6. The Morgan fingerprint density at radius 2 is 1.69 bits per heavy atom. The summed E-state index contributed by atoms with van der Waals surface area (Å²) >= 11 is 0. The van der Waals surface area contributed by atoms with Crippen LogP contribution in [0.5, 0.6) is 0 Å². The predicted octanol–water partition coefficient (Wildman–Crippen LogP) is 2.32. The minimum Gasteiger partial charge on any atom is -0.340 e. The van der Waals surface area contributed by atoms with Gasteiger partial charge in [0.15, 0.2) is 0 Å². The van der Waals surface area contributed by atoms with Crippen LogP contribution >= 0.6 is 0 Å². The van der Waals surface area contributed by atoms with Crippen LogP contribution in [0.2, 0.25) is 0 Å². The summed E-state index contributed by atoms with van der Waals surface area (Å²) in [4.78, 5) is 20.6. The number of rotatable bonds is 8. The fraction of sp³-hybridized carbons (Fsp3) is 0.966. The molecule has 4 N–H and O–H groups in total. The van der Waals surface area contributed by atoms with Crippen LogP contribution in [0.25, 0.3) is 0 Å². The molecule has 7 heteroatoms. The lowest BCUT2D eigenvalue weighted by molar-refractivity contribution is -0.138. The lowest BCUT2D eigenvalue weighted by Gasteiger charge is -2.42. The summed E-state index contributed by atoms with van der Waals surface area (Å²) in [5, 5.41) is 7.41. The van der Waals surface area contributed by atoms with Gasteiger partial charge in [-0.05, 0) is 101 Å². The molecule has 3 aliphatic carbocycles. The van der Waals surface area contributed by atoms with Gasteiger partial charge in [0.1, 0.15) is 0 Å². The van der Waals surface area contributed by atoms with E-state index >= 15 is 0 Å². The van der Waals surface area contributed by atoms with Crippen molar-refractivity contribution in [1.29, 1.82) is 0 Å². The van der Waals surface area contributed by atoms with Gasteiger partial charge >= 0.3 is 0 Å². The third kappa shape index (κ3) is 6.63. The smallest absolute Gasteiger partial charge is 0.225 e. The molecule has 0 spiro atoms. The van der Waals surface area contributed by atoms with Crippen molar-refractivity contribution in [3.63, 3.8) is 0 Å². The zero-order chi connectivity index (χ0) is 24.9. The normalized spacial score (nSPS) is 38.7. The molecule has 36 heavy (non-hydrogen) atoms. The van der Waals surface area contributed by atoms with Crippen molar-refractivity contribution >= 4 is 5.91 Å². The average molecular weight is 503 g/mol. The van der Waals surface area contributed by atoms with Crippen LogP contribution in [0.15, 0.2) is 0 Å². The Morgan fingerprint density at radius 1 is 0.917 bits per heavy atom. The summed E-state index contributed by atoms with van der Waals surface area (Å²) in [6.45, 7) is 9.03. The van der Waals surface area contributed by atoms with Gasteiger partial charge in [-0.1, -0.05) is 6.42 Å². The molecule has 5 rings (SSSR count). The summed E-state index contributed by atoms with van der Waals surface area (Å²) < 4.78 is 0. The van der Waals surface area contributed by atoms with E-state index in [9.17, 15) is 4.79 Å². The molecule has 2 saturated heterocycles. The molecule has 2 aliphatic heterocycles. The molecule has 0 radical (unpaired) electrons. The van der Waals surface area contributed by atoms with Gasteiger partial charge in [0.05, 0.1) is 0 Å². The molecule has 0 bridgehead atoms. The topological polar surface area (TPSA) is 76.9 Å². The molecule has 5 aliphatic rings. The van der Waals surface area contributed by atoms with Gasteiger partial charge in [-0.15, -0.1) is 0 Å². The van der Waals surface area contributed by atoms with Crippen LogP contribution in [0.3, 0.4) is 0 Å². The minimum absolute atomic E-state index is 0.271. The molecule has 5 unspecified atom stereocenters. The first-order valence-corrected chi connectivity index (χ1v) is 15.5. The fourth-order valence-electron chi connectivity index (χ4n) is 8.37. The third-order valence-electron chi connectivity index (χ3n) is 10.6. The third-order valence-corrected chi connectivity index (χ3v) is 10.6. The molecule has 5 fully saturated rings. The standard InChI is InChI=1S/C29H54N6O/c1-33-13-15-34(16-14-33)29(36)26-4-2-3-23(17-26)20-35-21-32-27-10-9-25(18-28(27)35)24-7-5-22(6-8-24)19-31-12-11-30/h22-28,31-32H,2-21,30H2,1H3. The molecule has 3 saturated carbocycles. The second-order valence-corrected chi connectivity index (χ2v) is 13.0. The molecule has 7 nitrogen and oxygen atoms in total. The maximum absolute atomic E-state index is 13.3. The first-order chi connectivity index (χ1) is 17.6. The van der Waals surface area contributed by atoms with Crippen molar-refractivity contribution in [1.82, 2.24) is 25.3 Å². The monoisotopic (exact) mass is 502 g/mol. The van der Waals surface area contributed by atoms with Crippen molar-refractivity contribution in [2.75, 3.05) is 66.1 Å². The Morgan fingerprint density at radius 3 is 2.47 bits per heavy atom. The maximum atomic E-state index is 13.3. The largest absolute Gasteiger partial charge is 0.340 e. The number of nitrogens with two attached hydrogens (primary N) is 1. The van der Waals surface area contributed by atoms with E-state index in [4.69, 9.17) is 5.73 Å². The van der Waals surface area contributed by atoms with E-state index in [1.54, 1.807) is 0 Å². The van der Waals surface area contributed by atoms with E-state index in [0.717, 1.165) is 89.1 Å². The van der Waals surface area contributed by atoms with Gasteiger partial charge in [-0.3, -0.25) is 15.0 Å². The van der Waals surface area contributed by atoms with Crippen LogP contribution in [0.1, 0.15) is 70.6 Å². The van der Waals surface area contributed by atoms with Crippen molar-refractivity contribution in [3.05, 3.63) is 0 Å². The van der Waals surface area contributed by atoms with E-state index in [2.05, 4.69) is 32.4 Å². The Labute approximate surface area is 220 Å². The Kier molecular flexibility index (Phi) is 9.61. The molecule has 5 atom stereocenters. The fourth-order valence-corrected chi connectivity index (χ4v) is 8.37. The second-order valence-electron chi connectivity index (χ2n) is 13.0. The lowest BCUT2D eigenvalue weighted by Crippen LogP contribution is -2.50. The predicted molar refractivity (Wildman–Crippen MR) is 147 cm³/mol. The van der Waals surface area contributed by atoms with Crippen LogP contribution in [0, 0.1) is 29.6 Å². The van der Waals surface area contributed by atoms with E-state index < -0.39 is 0 Å². The van der Waals surface area contributed by atoms with Gasteiger partial charge in [-0.25, -0.2) is 0 Å². The minimum atomic E-state index is 0.271. The number of amides is 1. The summed E-state index contributed by atoms with van der Waals surface area (Å²) in [7, 11) is 2.17. The van der Waals surface area contributed by atoms with Crippen LogP contribution in [-0.2, 0) is 4.79 Å². The zero-order valence-corrected chi connectivity index (χ0v) is 23.0. The molecular formula is C29H54N6O. The molecule has 2 heterocycles. The Hall–Kier alpha value is -0.730. The van der Waals surface area contributed by atoms with Crippen molar-refractivity contribution in [2.45, 2.75) is 82.7 Å². The van der Waals surface area contributed by atoms with Crippen molar-refractivity contribution < 1.29 is 4.79 Å². The van der Waals surface area contributed by atoms with E-state index in [0.29, 0.717) is 17.9 Å². The first kappa shape index (κ1) is 26.9. The summed E-state index contributed by atoms with van der Waals surface area (Å²) in [6, 6.07) is 1.42. The van der Waals surface area contributed by atoms with E-state index in [-0.39, 0.29) is 5.92 Å². The Balaban J connectivity index is 1.09. The van der Waals surface area contributed by atoms with Crippen molar-refractivity contribution in [3.8, 4) is 0 Å². The highest BCUT2D eigenvalue weighted by molar-refractivity contribution is 5.79. The molecule has 0 aromatic rings. The van der Waals surface area contributed by atoms with Crippen LogP contribution < -0.4 is 16.4 Å². The van der Waals surface area contributed by atoms with E-state index in [1.165, 1.54) is 64.3 Å². The van der Waals surface area contributed by atoms with Gasteiger partial charge in [0, 0.05) is 70.5 Å². The molecule has 206 valence electrons. The van der Waals surface area contributed by atoms with Gasteiger partial charge < -0.3 is 20.9 Å². The number of hydrogen-bond acceptors (Lipinski definition) is 6. The lowest BCUT2D eigenvalue weighted by atomic mass is 9.69. The van der Waals surface area contributed by atoms with Crippen LogP contribution in [0.4, 0.5) is 0 Å². The van der Waals surface area contributed by atoms with Gasteiger partial charge in [-0.2, -0.15) is 0 Å². The number of carbonyl (C=O) groups excluding carboxylic acids is 1. The van der Waals surface area contributed by atoms with E-state index in [1.807, 2.05) is 0 Å². The van der Waals surface area contributed by atoms with Gasteiger partial charge in [0.2, 0.25) is 5.91 Å². The Bertz CT molecular complexity index is 689. The number of likely N-dealkylation sites (N-methyl/N-ethyl adjacent to an activating group) is 1. The number of piperazine rings is 1. The quantitative estimate of drug-likeness (QED) is 0.442. The highest BCUT2D eigenvalue weighted by Gasteiger charge is 2.42. The van der Waals surface area contributed by atoms with Crippen molar-refractivity contribution in [2.24, 2.45) is 35.3 Å². The number of nitrogens with one attached hydrogen (secondary N) is 2. The summed E-state index contributed by atoms with van der Waals surface area (Å²) in [5.74, 6) is 4.15. The SMILES string of the molecule is CN1CCN(C(=O)C2CCCC(CN3CNC4CCC(C5CCC(CNCCN)CC5)CC43)C2)CC1. The number of fused-ring (bicyclic) bond motifs is 1. The number of nitrogens with zero attached hydrogens (tertiary/aromatic N) is 3.